The molecule has 0 aliphatic heterocycles. The number of rotatable bonds is 1. The van der Waals surface area contributed by atoms with E-state index in [9.17, 15) is 0 Å². The third kappa shape index (κ3) is 1.39. The van der Waals surface area contributed by atoms with E-state index in [1.807, 2.05) is 30.3 Å². The van der Waals surface area contributed by atoms with Gasteiger partial charge in [0.1, 0.15) is 5.58 Å². The first-order chi connectivity index (χ1) is 7.33. The number of furan rings is 1. The van der Waals surface area contributed by atoms with Gasteiger partial charge in [0.2, 0.25) is 0 Å². The van der Waals surface area contributed by atoms with E-state index in [1.165, 1.54) is 0 Å². The Hall–Kier alpha value is -1.81. The summed E-state index contributed by atoms with van der Waals surface area (Å²) in [4.78, 5) is 0. The van der Waals surface area contributed by atoms with Crippen molar-refractivity contribution in [1.29, 1.82) is 0 Å². The maximum Gasteiger partial charge on any atom is 0.313 e. The third-order valence-electron chi connectivity index (χ3n) is 2.04. The van der Waals surface area contributed by atoms with Crippen LogP contribution in [0.15, 0.2) is 39.2 Å². The van der Waals surface area contributed by atoms with Crippen molar-refractivity contribution in [3.05, 3.63) is 35.7 Å². The topological polar surface area (TPSA) is 52.1 Å². The molecule has 0 atom stereocenters. The molecule has 4 nitrogen and oxygen atoms in total. The highest BCUT2D eigenvalue weighted by molar-refractivity contribution is 6.27. The first-order valence-electron chi connectivity index (χ1n) is 4.31. The van der Waals surface area contributed by atoms with E-state index in [4.69, 9.17) is 20.4 Å². The van der Waals surface area contributed by atoms with Gasteiger partial charge in [-0.25, -0.2) is 0 Å². The number of hydrogen-bond donors (Lipinski definition) is 0. The van der Waals surface area contributed by atoms with E-state index in [0.717, 1.165) is 11.0 Å². The van der Waals surface area contributed by atoms with Crippen LogP contribution in [0.1, 0.15) is 0 Å². The lowest BCUT2D eigenvalue weighted by atomic mass is 10.2. The van der Waals surface area contributed by atoms with E-state index in [2.05, 4.69) is 10.2 Å². The molecule has 0 amide bonds. The number of benzene rings is 1. The van der Waals surface area contributed by atoms with Gasteiger partial charge in [-0.2, -0.15) is 0 Å². The summed E-state index contributed by atoms with van der Waals surface area (Å²) in [5.74, 6) is 0.812. The Morgan fingerprint density at radius 2 is 1.93 bits per heavy atom. The summed E-state index contributed by atoms with van der Waals surface area (Å²) in [5.41, 5.74) is 0.779. The van der Waals surface area contributed by atoms with E-state index < -0.39 is 0 Å². The van der Waals surface area contributed by atoms with Crippen molar-refractivity contribution < 1.29 is 8.83 Å². The molecule has 0 N–H and O–H groups in total. The molecular formula is C10H5ClN2O2. The monoisotopic (exact) mass is 220 g/mol. The molecule has 3 aromatic rings. The summed E-state index contributed by atoms with van der Waals surface area (Å²) >= 11 is 5.53. The van der Waals surface area contributed by atoms with Gasteiger partial charge in [0, 0.05) is 5.39 Å². The van der Waals surface area contributed by atoms with Crippen LogP contribution < -0.4 is 0 Å². The number of fused-ring (bicyclic) bond motifs is 1. The molecule has 0 spiro atoms. The number of nitrogens with zero attached hydrogens (tertiary/aromatic N) is 2. The van der Waals surface area contributed by atoms with Crippen LogP contribution in [0.3, 0.4) is 0 Å². The minimum absolute atomic E-state index is 0.00505. The SMILES string of the molecule is Clc1nnc(-c2cc3ccccc3o2)o1. The molecular weight excluding hydrogens is 216 g/mol. The molecule has 0 bridgehead atoms. The van der Waals surface area contributed by atoms with Gasteiger partial charge < -0.3 is 8.83 Å². The number of halogens is 1. The molecule has 0 aliphatic carbocycles. The zero-order chi connectivity index (χ0) is 10.3. The average molecular weight is 221 g/mol. The van der Waals surface area contributed by atoms with E-state index in [1.54, 1.807) is 0 Å². The summed E-state index contributed by atoms with van der Waals surface area (Å²) in [6, 6.07) is 9.48. The minimum Gasteiger partial charge on any atom is -0.451 e. The lowest BCUT2D eigenvalue weighted by molar-refractivity contribution is 0.533. The summed E-state index contributed by atoms with van der Waals surface area (Å²) < 4.78 is 10.6. The van der Waals surface area contributed by atoms with Crippen LogP contribution in [0, 0.1) is 0 Å². The van der Waals surface area contributed by atoms with Gasteiger partial charge in [-0.1, -0.05) is 23.3 Å². The second kappa shape index (κ2) is 3.10. The standard InChI is InChI=1S/C10H5ClN2O2/c11-10-13-12-9(15-10)8-5-6-3-1-2-4-7(6)14-8/h1-5H. The predicted molar refractivity (Wildman–Crippen MR) is 54.5 cm³/mol. The molecule has 3 rings (SSSR count). The van der Waals surface area contributed by atoms with Crippen molar-refractivity contribution in [2.45, 2.75) is 0 Å². The summed E-state index contributed by atoms with van der Waals surface area (Å²) in [6.45, 7) is 0. The van der Waals surface area contributed by atoms with Gasteiger partial charge in [0.05, 0.1) is 0 Å². The van der Waals surface area contributed by atoms with Crippen LogP contribution in [-0.4, -0.2) is 10.2 Å². The third-order valence-corrected chi connectivity index (χ3v) is 2.19. The highest BCUT2D eigenvalue weighted by Crippen LogP contribution is 2.27. The maximum atomic E-state index is 5.53. The van der Waals surface area contributed by atoms with Crippen molar-refractivity contribution in [3.63, 3.8) is 0 Å². The molecule has 74 valence electrons. The van der Waals surface area contributed by atoms with Gasteiger partial charge >= 0.3 is 5.35 Å². The van der Waals surface area contributed by atoms with Crippen LogP contribution in [0.2, 0.25) is 5.35 Å². The van der Waals surface area contributed by atoms with Gasteiger partial charge in [-0.3, -0.25) is 0 Å². The molecule has 0 saturated carbocycles. The van der Waals surface area contributed by atoms with Gasteiger partial charge in [0.15, 0.2) is 5.76 Å². The van der Waals surface area contributed by atoms with E-state index >= 15 is 0 Å². The Labute approximate surface area is 89.5 Å². The molecule has 15 heavy (non-hydrogen) atoms. The molecule has 0 saturated heterocycles. The number of aromatic nitrogens is 2. The second-order valence-corrected chi connectivity index (χ2v) is 3.33. The Kier molecular flexibility index (Phi) is 1.76. The van der Waals surface area contributed by atoms with Crippen LogP contribution in [0.4, 0.5) is 0 Å². The molecule has 0 unspecified atom stereocenters. The van der Waals surface area contributed by atoms with Crippen LogP contribution in [-0.2, 0) is 0 Å². The first-order valence-corrected chi connectivity index (χ1v) is 4.69. The van der Waals surface area contributed by atoms with Crippen molar-refractivity contribution in [1.82, 2.24) is 10.2 Å². The zero-order valence-corrected chi connectivity index (χ0v) is 8.23. The first kappa shape index (κ1) is 8.49. The summed E-state index contributed by atoms with van der Waals surface area (Å²) in [6.07, 6.45) is 0. The number of para-hydroxylation sites is 1. The molecule has 0 radical (unpaired) electrons. The Bertz CT molecular complexity index is 581. The summed E-state index contributed by atoms with van der Waals surface area (Å²) in [5, 5.41) is 8.28. The highest BCUT2D eigenvalue weighted by Gasteiger charge is 2.11. The highest BCUT2D eigenvalue weighted by atomic mass is 35.5. The van der Waals surface area contributed by atoms with Crippen LogP contribution in [0.25, 0.3) is 22.6 Å². The van der Waals surface area contributed by atoms with E-state index in [0.29, 0.717) is 5.76 Å². The van der Waals surface area contributed by atoms with Crippen LogP contribution in [0.5, 0.6) is 0 Å². The van der Waals surface area contributed by atoms with E-state index in [-0.39, 0.29) is 11.2 Å². The maximum absolute atomic E-state index is 5.53. The largest absolute Gasteiger partial charge is 0.451 e. The molecule has 2 heterocycles. The van der Waals surface area contributed by atoms with Crippen LogP contribution >= 0.6 is 11.6 Å². The van der Waals surface area contributed by atoms with Gasteiger partial charge in [-0.15, -0.1) is 5.10 Å². The number of hydrogen-bond acceptors (Lipinski definition) is 4. The smallest absolute Gasteiger partial charge is 0.313 e. The molecule has 1 aromatic carbocycles. The Balaban J connectivity index is 2.19. The fraction of sp³-hybridized carbons (Fsp3) is 0. The van der Waals surface area contributed by atoms with Crippen molar-refractivity contribution in [2.24, 2.45) is 0 Å². The van der Waals surface area contributed by atoms with Crippen molar-refractivity contribution in [3.8, 4) is 11.7 Å². The lowest BCUT2D eigenvalue weighted by Crippen LogP contribution is -1.71. The normalized spacial score (nSPS) is 11.0. The minimum atomic E-state index is 0.00505. The lowest BCUT2D eigenvalue weighted by Gasteiger charge is -1.84. The quantitative estimate of drug-likeness (QED) is 0.632. The fourth-order valence-electron chi connectivity index (χ4n) is 1.39. The Morgan fingerprint density at radius 1 is 1.07 bits per heavy atom. The second-order valence-electron chi connectivity index (χ2n) is 3.01. The van der Waals surface area contributed by atoms with Gasteiger partial charge in [-0.05, 0) is 23.7 Å². The predicted octanol–water partition coefficient (Wildman–Crippen LogP) is 3.14. The average Bonchev–Trinajstić information content (AvgIpc) is 2.82. The molecule has 0 aliphatic rings. The molecule has 5 heteroatoms. The summed E-state index contributed by atoms with van der Waals surface area (Å²) in [7, 11) is 0. The van der Waals surface area contributed by atoms with Crippen molar-refractivity contribution in [2.75, 3.05) is 0 Å². The molecule has 2 aromatic heterocycles. The Morgan fingerprint density at radius 3 is 2.67 bits per heavy atom. The fourth-order valence-corrected chi connectivity index (χ4v) is 1.50. The van der Waals surface area contributed by atoms with Crippen molar-refractivity contribution >= 4 is 22.6 Å². The van der Waals surface area contributed by atoms with Gasteiger partial charge in [0.25, 0.3) is 5.89 Å². The zero-order valence-electron chi connectivity index (χ0n) is 7.48. The molecule has 0 fully saturated rings.